The molecule has 0 aliphatic rings. The summed E-state index contributed by atoms with van der Waals surface area (Å²) in [6.07, 6.45) is 0.357. The number of nitrogens with two attached hydrogens (primary N) is 3. The van der Waals surface area contributed by atoms with Crippen LogP contribution in [0.2, 0.25) is 5.02 Å². The summed E-state index contributed by atoms with van der Waals surface area (Å²) in [5.74, 6) is -1.73. The standard InChI is InChI=1S/C29H29ClN12O4/c30-23-15(5-10-20-22(23)24(32)38-29(33)37-20)13-35-17-7-3-14(4-8-17)26(43)36-21(28(45)46)2-1-11-34-27(44)18-9-6-16(31)12-19(18)25-39-41-42-40-25/h3-10,12,21,35H,1-2,11,13,31H2,(H,34,44)(H,36,43)(H,45,46)(H4,32,33,37,38)(H,39,40,41,42)/t21-/m0/s1. The quantitative estimate of drug-likeness (QED) is 0.0716. The molecule has 46 heavy (non-hydrogen) atoms. The number of anilines is 4. The zero-order valence-corrected chi connectivity index (χ0v) is 24.9. The topological polar surface area (TPSA) is 266 Å². The summed E-state index contributed by atoms with van der Waals surface area (Å²) in [5.41, 5.74) is 20.8. The van der Waals surface area contributed by atoms with Crippen LogP contribution in [0.5, 0.6) is 0 Å². The Morgan fingerprint density at radius 2 is 1.76 bits per heavy atom. The molecule has 5 aromatic rings. The van der Waals surface area contributed by atoms with Gasteiger partial charge < -0.3 is 38.3 Å². The Labute approximate surface area is 266 Å². The summed E-state index contributed by atoms with van der Waals surface area (Å²) < 4.78 is 0. The number of nitrogens with zero attached hydrogens (tertiary/aromatic N) is 5. The van der Waals surface area contributed by atoms with E-state index in [1.54, 1.807) is 54.6 Å². The Morgan fingerprint density at radius 3 is 2.48 bits per heavy atom. The average molecular weight is 645 g/mol. The molecule has 0 unspecified atom stereocenters. The fourth-order valence-electron chi connectivity index (χ4n) is 4.67. The van der Waals surface area contributed by atoms with Gasteiger partial charge in [-0.15, -0.1) is 10.2 Å². The van der Waals surface area contributed by atoms with Crippen molar-refractivity contribution in [1.29, 1.82) is 0 Å². The van der Waals surface area contributed by atoms with E-state index in [-0.39, 0.29) is 48.1 Å². The van der Waals surface area contributed by atoms with Crippen LogP contribution in [0.15, 0.2) is 54.6 Å². The second kappa shape index (κ2) is 13.7. The number of aromatic amines is 1. The number of H-pyrrole nitrogens is 1. The minimum Gasteiger partial charge on any atom is -0.480 e. The highest BCUT2D eigenvalue weighted by molar-refractivity contribution is 6.37. The molecule has 236 valence electrons. The van der Waals surface area contributed by atoms with Crippen molar-refractivity contribution in [3.8, 4) is 11.4 Å². The van der Waals surface area contributed by atoms with Crippen LogP contribution in [0.25, 0.3) is 22.3 Å². The monoisotopic (exact) mass is 644 g/mol. The number of carboxylic acids is 1. The van der Waals surface area contributed by atoms with Gasteiger partial charge >= 0.3 is 5.97 Å². The van der Waals surface area contributed by atoms with Crippen molar-refractivity contribution in [2.75, 3.05) is 29.1 Å². The van der Waals surface area contributed by atoms with Gasteiger partial charge in [0.25, 0.3) is 11.8 Å². The molecule has 11 N–H and O–H groups in total. The molecule has 3 aromatic carbocycles. The van der Waals surface area contributed by atoms with Crippen LogP contribution in [0.4, 0.5) is 23.1 Å². The number of fused-ring (bicyclic) bond motifs is 1. The molecule has 0 radical (unpaired) electrons. The van der Waals surface area contributed by atoms with Gasteiger partial charge in [-0.3, -0.25) is 9.59 Å². The van der Waals surface area contributed by atoms with Crippen molar-refractivity contribution in [1.82, 2.24) is 41.2 Å². The molecule has 17 heteroatoms. The molecular formula is C29H29ClN12O4. The highest BCUT2D eigenvalue weighted by atomic mass is 35.5. The molecule has 0 spiro atoms. The van der Waals surface area contributed by atoms with Gasteiger partial charge in [0.15, 0.2) is 0 Å². The Morgan fingerprint density at radius 1 is 0.978 bits per heavy atom. The zero-order chi connectivity index (χ0) is 32.8. The van der Waals surface area contributed by atoms with Crippen LogP contribution in [0.1, 0.15) is 39.1 Å². The first-order chi connectivity index (χ1) is 22.1. The number of rotatable bonds is 12. The van der Waals surface area contributed by atoms with Gasteiger partial charge in [0.05, 0.1) is 21.5 Å². The molecular weight excluding hydrogens is 616 g/mol. The molecule has 0 saturated carbocycles. The van der Waals surface area contributed by atoms with E-state index in [0.29, 0.717) is 39.4 Å². The number of aromatic nitrogens is 6. The van der Waals surface area contributed by atoms with E-state index < -0.39 is 23.8 Å². The van der Waals surface area contributed by atoms with E-state index in [1.165, 1.54) is 0 Å². The van der Waals surface area contributed by atoms with Crippen LogP contribution in [0.3, 0.4) is 0 Å². The second-order valence-corrected chi connectivity index (χ2v) is 10.5. The molecule has 0 aliphatic heterocycles. The summed E-state index contributed by atoms with van der Waals surface area (Å²) in [4.78, 5) is 45.6. The van der Waals surface area contributed by atoms with E-state index in [4.69, 9.17) is 28.8 Å². The van der Waals surface area contributed by atoms with Crippen molar-refractivity contribution < 1.29 is 19.5 Å². The number of tetrazole rings is 1. The highest BCUT2D eigenvalue weighted by Crippen LogP contribution is 2.31. The number of hydrogen-bond acceptors (Lipinski definition) is 12. The summed E-state index contributed by atoms with van der Waals surface area (Å²) in [6, 6.07) is 13.6. The maximum Gasteiger partial charge on any atom is 0.326 e. The number of aliphatic carboxylic acids is 1. The molecule has 0 aliphatic carbocycles. The molecule has 0 saturated heterocycles. The van der Waals surface area contributed by atoms with E-state index in [0.717, 1.165) is 5.56 Å². The van der Waals surface area contributed by atoms with Gasteiger partial charge in [0, 0.05) is 35.6 Å². The Bertz CT molecular complexity index is 1900. The number of nitrogen functional groups attached to an aromatic ring is 3. The van der Waals surface area contributed by atoms with Crippen molar-refractivity contribution in [3.63, 3.8) is 0 Å². The average Bonchev–Trinajstić information content (AvgIpc) is 3.57. The second-order valence-electron chi connectivity index (χ2n) is 10.1. The van der Waals surface area contributed by atoms with Crippen LogP contribution < -0.4 is 33.2 Å². The number of benzene rings is 3. The number of carbonyl (C=O) groups excluding carboxylic acids is 2. The van der Waals surface area contributed by atoms with Gasteiger partial charge in [-0.2, -0.15) is 10.2 Å². The Kier molecular flexibility index (Phi) is 9.37. The fourth-order valence-corrected chi connectivity index (χ4v) is 4.99. The maximum absolute atomic E-state index is 12.8. The van der Waals surface area contributed by atoms with Crippen molar-refractivity contribution in [3.05, 3.63) is 76.3 Å². The minimum absolute atomic E-state index is 0.0571. The Hall–Kier alpha value is -6.03. The van der Waals surface area contributed by atoms with Crippen molar-refractivity contribution >= 4 is 63.4 Å². The number of nitrogens with one attached hydrogen (secondary N) is 4. The van der Waals surface area contributed by atoms with Crippen molar-refractivity contribution in [2.24, 2.45) is 0 Å². The number of amides is 2. The van der Waals surface area contributed by atoms with Gasteiger partial charge in [0.2, 0.25) is 11.8 Å². The largest absolute Gasteiger partial charge is 0.480 e. The van der Waals surface area contributed by atoms with Crippen LogP contribution in [0, 0.1) is 0 Å². The third-order valence-electron chi connectivity index (χ3n) is 6.99. The third kappa shape index (κ3) is 7.19. The number of carboxylic acid groups (broad SMARTS) is 1. The minimum atomic E-state index is -1.20. The third-order valence-corrected chi connectivity index (χ3v) is 7.42. The van der Waals surface area contributed by atoms with Crippen LogP contribution >= 0.6 is 11.6 Å². The van der Waals surface area contributed by atoms with Gasteiger partial charge in [-0.05, 0) is 72.1 Å². The normalized spacial score (nSPS) is 11.6. The SMILES string of the molecule is Nc1ccc(C(=O)NCCC[C@H](NC(=O)c2ccc(NCc3ccc4nc(N)nc(N)c4c3Cl)cc2)C(=O)O)c(-c2nn[nH]n2)c1. The van der Waals surface area contributed by atoms with E-state index in [2.05, 4.69) is 46.5 Å². The molecule has 1 atom stereocenters. The lowest BCUT2D eigenvalue weighted by molar-refractivity contribution is -0.139. The smallest absolute Gasteiger partial charge is 0.326 e. The maximum atomic E-state index is 12.8. The summed E-state index contributed by atoms with van der Waals surface area (Å²) >= 11 is 6.55. The summed E-state index contributed by atoms with van der Waals surface area (Å²) in [5, 5.41) is 32.7. The van der Waals surface area contributed by atoms with Gasteiger partial charge in [-0.1, -0.05) is 17.7 Å². The zero-order valence-electron chi connectivity index (χ0n) is 24.1. The molecule has 2 amide bonds. The first kappa shape index (κ1) is 31.4. The van der Waals surface area contributed by atoms with Gasteiger partial charge in [-0.25, -0.2) is 9.78 Å². The molecule has 0 bridgehead atoms. The van der Waals surface area contributed by atoms with Crippen LogP contribution in [-0.4, -0.2) is 66.1 Å². The number of hydrogen-bond donors (Lipinski definition) is 8. The van der Waals surface area contributed by atoms with E-state index >= 15 is 0 Å². The highest BCUT2D eigenvalue weighted by Gasteiger charge is 2.21. The predicted molar refractivity (Wildman–Crippen MR) is 172 cm³/mol. The first-order valence-electron chi connectivity index (χ1n) is 13.9. The number of carbonyl (C=O) groups is 3. The summed E-state index contributed by atoms with van der Waals surface area (Å²) in [7, 11) is 0. The molecule has 16 nitrogen and oxygen atoms in total. The molecule has 2 aromatic heterocycles. The number of halogens is 1. The van der Waals surface area contributed by atoms with E-state index in [1.807, 2.05) is 0 Å². The fraction of sp³-hybridized carbons (Fsp3) is 0.172. The Balaban J connectivity index is 1.13. The lowest BCUT2D eigenvalue weighted by atomic mass is 10.0. The van der Waals surface area contributed by atoms with Crippen LogP contribution in [-0.2, 0) is 11.3 Å². The van der Waals surface area contributed by atoms with E-state index in [9.17, 15) is 19.5 Å². The summed E-state index contributed by atoms with van der Waals surface area (Å²) in [6.45, 7) is 0.502. The lowest BCUT2D eigenvalue weighted by Gasteiger charge is -2.15. The molecule has 5 rings (SSSR count). The molecule has 2 heterocycles. The molecule has 0 fully saturated rings. The predicted octanol–water partition coefficient (Wildman–Crippen LogP) is 2.22. The van der Waals surface area contributed by atoms with Crippen molar-refractivity contribution in [2.45, 2.75) is 25.4 Å². The van der Waals surface area contributed by atoms with Gasteiger partial charge in [0.1, 0.15) is 11.9 Å². The lowest BCUT2D eigenvalue weighted by Crippen LogP contribution is -2.41. The first-order valence-corrected chi connectivity index (χ1v) is 14.3.